The van der Waals surface area contributed by atoms with Crippen LogP contribution >= 0.6 is 23.4 Å². The van der Waals surface area contributed by atoms with Gasteiger partial charge < -0.3 is 4.74 Å². The van der Waals surface area contributed by atoms with Crippen LogP contribution in [-0.2, 0) is 15.3 Å². The maximum atomic E-state index is 10.8. The normalized spacial score (nSPS) is 9.86. The molecule has 0 aromatic heterocycles. The van der Waals surface area contributed by atoms with E-state index in [4.69, 9.17) is 11.6 Å². The van der Waals surface area contributed by atoms with Crippen molar-refractivity contribution in [3.8, 4) is 0 Å². The maximum absolute atomic E-state index is 10.8. The van der Waals surface area contributed by atoms with E-state index in [1.165, 1.54) is 18.9 Å². The smallest absolute Gasteiger partial charge is 0.315 e. The molecule has 1 rings (SSSR count). The van der Waals surface area contributed by atoms with Crippen molar-refractivity contribution < 1.29 is 9.53 Å². The number of methoxy groups -OCH3 is 1. The van der Waals surface area contributed by atoms with Crippen LogP contribution in [0.25, 0.3) is 0 Å². The van der Waals surface area contributed by atoms with Gasteiger partial charge in [-0.3, -0.25) is 4.79 Å². The Morgan fingerprint density at radius 1 is 1.50 bits per heavy atom. The largest absolute Gasteiger partial charge is 0.468 e. The maximum Gasteiger partial charge on any atom is 0.315 e. The first-order valence-electron chi connectivity index (χ1n) is 4.12. The summed E-state index contributed by atoms with van der Waals surface area (Å²) in [6.45, 7) is 0. The first-order valence-corrected chi connectivity index (χ1v) is 5.65. The van der Waals surface area contributed by atoms with E-state index in [2.05, 4.69) is 4.74 Å². The van der Waals surface area contributed by atoms with E-state index in [0.717, 1.165) is 16.3 Å². The molecule has 0 spiro atoms. The molecule has 0 aliphatic carbocycles. The molecule has 0 aliphatic rings. The number of halogens is 1. The number of carbonyl (C=O) groups excluding carboxylic acids is 1. The molecule has 1 aromatic carbocycles. The molecule has 0 saturated heterocycles. The second kappa shape index (κ2) is 5.94. The molecular weight excluding hydrogens is 220 g/mol. The third-order valence-corrected chi connectivity index (χ3v) is 2.99. The number of hydrogen-bond acceptors (Lipinski definition) is 3. The Hall–Kier alpha value is -0.670. The van der Waals surface area contributed by atoms with E-state index < -0.39 is 0 Å². The van der Waals surface area contributed by atoms with E-state index in [-0.39, 0.29) is 5.97 Å². The van der Waals surface area contributed by atoms with Crippen molar-refractivity contribution >= 4 is 29.3 Å². The first-order chi connectivity index (χ1) is 6.74. The van der Waals surface area contributed by atoms with Crippen LogP contribution in [0.4, 0.5) is 0 Å². The minimum Gasteiger partial charge on any atom is -0.468 e. The summed E-state index contributed by atoms with van der Waals surface area (Å²) in [6, 6.07) is 7.61. The number of rotatable bonds is 4. The fourth-order valence-electron chi connectivity index (χ4n) is 0.919. The average Bonchev–Trinajstić information content (AvgIpc) is 2.20. The Labute approximate surface area is 92.6 Å². The van der Waals surface area contributed by atoms with Gasteiger partial charge in [-0.2, -0.15) is 0 Å². The zero-order valence-electron chi connectivity index (χ0n) is 7.83. The second-order valence-electron chi connectivity index (χ2n) is 2.66. The highest BCUT2D eigenvalue weighted by molar-refractivity contribution is 7.99. The zero-order valence-corrected chi connectivity index (χ0v) is 9.40. The monoisotopic (exact) mass is 230 g/mol. The SMILES string of the molecule is COC(=O)CSCc1ccccc1Cl. The van der Waals surface area contributed by atoms with Crippen LogP contribution in [0.2, 0.25) is 5.02 Å². The van der Waals surface area contributed by atoms with Gasteiger partial charge in [-0.25, -0.2) is 0 Å². The molecule has 0 atom stereocenters. The Kier molecular flexibility index (Phi) is 4.84. The van der Waals surface area contributed by atoms with Crippen LogP contribution in [0.1, 0.15) is 5.56 Å². The molecule has 0 saturated carbocycles. The zero-order chi connectivity index (χ0) is 10.4. The summed E-state index contributed by atoms with van der Waals surface area (Å²) < 4.78 is 4.53. The van der Waals surface area contributed by atoms with Crippen LogP contribution in [0.15, 0.2) is 24.3 Å². The van der Waals surface area contributed by atoms with Gasteiger partial charge in [-0.05, 0) is 11.6 Å². The van der Waals surface area contributed by atoms with Gasteiger partial charge in [0.25, 0.3) is 0 Å². The van der Waals surface area contributed by atoms with Crippen LogP contribution in [0.3, 0.4) is 0 Å². The van der Waals surface area contributed by atoms with Crippen molar-refractivity contribution in [2.45, 2.75) is 5.75 Å². The predicted molar refractivity (Wildman–Crippen MR) is 59.6 cm³/mol. The lowest BCUT2D eigenvalue weighted by Crippen LogP contribution is -2.03. The quantitative estimate of drug-likeness (QED) is 0.744. The molecule has 0 N–H and O–H groups in total. The van der Waals surface area contributed by atoms with Gasteiger partial charge in [0.05, 0.1) is 12.9 Å². The van der Waals surface area contributed by atoms with E-state index >= 15 is 0 Å². The molecule has 0 radical (unpaired) electrons. The topological polar surface area (TPSA) is 26.3 Å². The fraction of sp³-hybridized carbons (Fsp3) is 0.300. The van der Waals surface area contributed by atoms with Crippen LogP contribution in [0.5, 0.6) is 0 Å². The number of carbonyl (C=O) groups is 1. The molecule has 0 unspecified atom stereocenters. The molecule has 0 bridgehead atoms. The summed E-state index contributed by atoms with van der Waals surface area (Å²) >= 11 is 7.44. The molecule has 0 amide bonds. The van der Waals surface area contributed by atoms with Gasteiger partial charge >= 0.3 is 5.97 Å². The first kappa shape index (κ1) is 11.4. The number of hydrogen-bond donors (Lipinski definition) is 0. The predicted octanol–water partition coefficient (Wildman–Crippen LogP) is 2.75. The van der Waals surface area contributed by atoms with Crippen molar-refractivity contribution in [3.63, 3.8) is 0 Å². The van der Waals surface area contributed by atoms with Gasteiger partial charge in [-0.15, -0.1) is 11.8 Å². The van der Waals surface area contributed by atoms with Crippen molar-refractivity contribution in [1.29, 1.82) is 0 Å². The van der Waals surface area contributed by atoms with Crippen molar-refractivity contribution in [1.82, 2.24) is 0 Å². The molecule has 0 heterocycles. The van der Waals surface area contributed by atoms with Crippen LogP contribution in [-0.4, -0.2) is 18.8 Å². The lowest BCUT2D eigenvalue weighted by Gasteiger charge is -2.02. The van der Waals surface area contributed by atoms with E-state index in [0.29, 0.717) is 5.75 Å². The molecule has 14 heavy (non-hydrogen) atoms. The lowest BCUT2D eigenvalue weighted by molar-refractivity contribution is -0.137. The average molecular weight is 231 g/mol. The summed E-state index contributed by atoms with van der Waals surface area (Å²) in [5, 5.41) is 0.741. The van der Waals surface area contributed by atoms with Gasteiger partial charge in [0.15, 0.2) is 0 Å². The summed E-state index contributed by atoms with van der Waals surface area (Å²) in [7, 11) is 1.39. The van der Waals surface area contributed by atoms with Crippen molar-refractivity contribution in [3.05, 3.63) is 34.9 Å². The Balaban J connectivity index is 2.39. The highest BCUT2D eigenvalue weighted by atomic mass is 35.5. The number of thioether (sulfide) groups is 1. The summed E-state index contributed by atoms with van der Waals surface area (Å²) in [6.07, 6.45) is 0. The molecule has 4 heteroatoms. The van der Waals surface area contributed by atoms with E-state index in [9.17, 15) is 4.79 Å². The second-order valence-corrected chi connectivity index (χ2v) is 4.05. The molecular formula is C10H11ClO2S. The third kappa shape index (κ3) is 3.60. The lowest BCUT2D eigenvalue weighted by atomic mass is 10.2. The minimum absolute atomic E-state index is 0.206. The van der Waals surface area contributed by atoms with Gasteiger partial charge in [0.1, 0.15) is 0 Å². The minimum atomic E-state index is -0.206. The van der Waals surface area contributed by atoms with Gasteiger partial charge in [0.2, 0.25) is 0 Å². The Morgan fingerprint density at radius 3 is 2.86 bits per heavy atom. The summed E-state index contributed by atoms with van der Waals surface area (Å²) in [5.74, 6) is 0.887. The van der Waals surface area contributed by atoms with Gasteiger partial charge in [0, 0.05) is 10.8 Å². The molecule has 0 aliphatic heterocycles. The van der Waals surface area contributed by atoms with Crippen molar-refractivity contribution in [2.24, 2.45) is 0 Å². The summed E-state index contributed by atoms with van der Waals surface area (Å²) in [5.41, 5.74) is 1.04. The molecule has 2 nitrogen and oxygen atoms in total. The fourth-order valence-corrected chi connectivity index (χ4v) is 2.06. The van der Waals surface area contributed by atoms with E-state index in [1.54, 1.807) is 0 Å². The van der Waals surface area contributed by atoms with Crippen LogP contribution < -0.4 is 0 Å². The van der Waals surface area contributed by atoms with Crippen molar-refractivity contribution in [2.75, 3.05) is 12.9 Å². The summed E-state index contributed by atoms with van der Waals surface area (Å²) in [4.78, 5) is 10.8. The third-order valence-electron chi connectivity index (χ3n) is 1.66. The van der Waals surface area contributed by atoms with E-state index in [1.807, 2.05) is 24.3 Å². The highest BCUT2D eigenvalue weighted by Crippen LogP contribution is 2.20. The van der Waals surface area contributed by atoms with Crippen LogP contribution in [0, 0.1) is 0 Å². The standard InChI is InChI=1S/C10H11ClO2S/c1-13-10(12)7-14-6-8-4-2-3-5-9(8)11/h2-5H,6-7H2,1H3. The highest BCUT2D eigenvalue weighted by Gasteiger charge is 2.02. The molecule has 0 fully saturated rings. The number of esters is 1. The number of benzene rings is 1. The van der Waals surface area contributed by atoms with Gasteiger partial charge in [-0.1, -0.05) is 29.8 Å². The number of ether oxygens (including phenoxy) is 1. The molecule has 1 aromatic rings. The Bertz CT molecular complexity index is 315. The molecule has 76 valence electrons. The Morgan fingerprint density at radius 2 is 2.21 bits per heavy atom.